The maximum Gasteiger partial charge on any atom is 0.269 e. The van der Waals surface area contributed by atoms with Crippen molar-refractivity contribution in [2.75, 3.05) is 5.43 Å². The Morgan fingerprint density at radius 2 is 1.88 bits per heavy atom. The lowest BCUT2D eigenvalue weighted by atomic mass is 10.2. The van der Waals surface area contributed by atoms with Gasteiger partial charge in [0.25, 0.3) is 10.0 Å². The summed E-state index contributed by atoms with van der Waals surface area (Å²) < 4.78 is 26.6. The first-order valence-electron chi connectivity index (χ1n) is 7.07. The van der Waals surface area contributed by atoms with Crippen LogP contribution in [0.15, 0.2) is 47.6 Å². The summed E-state index contributed by atoms with van der Waals surface area (Å²) in [5.41, 5.74) is 6.54. The molecule has 0 radical (unpaired) electrons. The van der Waals surface area contributed by atoms with E-state index in [0.717, 1.165) is 9.54 Å². The summed E-state index contributed by atoms with van der Waals surface area (Å²) >= 11 is 0. The number of aryl methyl sites for hydroxylation is 1. The molecule has 2 aromatic heterocycles. The number of nitrogens with zero attached hydrogens (tertiary/aromatic N) is 3. The molecule has 0 fully saturated rings. The number of aromatic nitrogens is 3. The maximum atomic E-state index is 12.7. The first-order chi connectivity index (χ1) is 11.4. The Morgan fingerprint density at radius 3 is 2.54 bits per heavy atom. The topological polar surface area (TPSA) is 106 Å². The third-order valence-electron chi connectivity index (χ3n) is 3.30. The van der Waals surface area contributed by atoms with Crippen molar-refractivity contribution in [2.24, 2.45) is 0 Å². The highest BCUT2D eigenvalue weighted by atomic mass is 32.2. The van der Waals surface area contributed by atoms with E-state index in [1.165, 1.54) is 19.3 Å². The van der Waals surface area contributed by atoms with Crippen LogP contribution in [0.5, 0.6) is 0 Å². The lowest BCUT2D eigenvalue weighted by Crippen LogP contribution is -2.27. The number of carbonyl (C=O) groups is 1. The van der Waals surface area contributed by atoms with E-state index in [2.05, 4.69) is 20.8 Å². The molecule has 1 amide bonds. The Labute approximate surface area is 138 Å². The van der Waals surface area contributed by atoms with Crippen molar-refractivity contribution in [2.45, 2.75) is 18.7 Å². The third kappa shape index (κ3) is 2.93. The third-order valence-corrected chi connectivity index (χ3v) is 4.98. The van der Waals surface area contributed by atoms with Gasteiger partial charge in [0, 0.05) is 13.1 Å². The molecule has 8 nitrogen and oxygen atoms in total. The Balaban J connectivity index is 2.01. The summed E-state index contributed by atoms with van der Waals surface area (Å²) in [5.74, 6) is 0.0274. The number of benzene rings is 1. The minimum Gasteiger partial charge on any atom is -0.281 e. The van der Waals surface area contributed by atoms with Crippen molar-refractivity contribution in [3.05, 3.63) is 48.3 Å². The van der Waals surface area contributed by atoms with Crippen molar-refractivity contribution in [3.63, 3.8) is 0 Å². The van der Waals surface area contributed by atoms with Crippen LogP contribution in [0, 0.1) is 6.92 Å². The van der Waals surface area contributed by atoms with Gasteiger partial charge in [-0.2, -0.15) is 0 Å². The number of carbonyl (C=O) groups excluding carboxylic acids is 1. The number of hydrogen-bond acceptors (Lipinski definition) is 6. The van der Waals surface area contributed by atoms with E-state index in [9.17, 15) is 13.2 Å². The SMILES string of the molecule is CC(=O)NNc1cnc2c(ccn2S(=O)(=O)c2ccc(C)cc2)n1. The van der Waals surface area contributed by atoms with Crippen molar-refractivity contribution >= 4 is 32.9 Å². The van der Waals surface area contributed by atoms with Crippen LogP contribution in [0.4, 0.5) is 5.82 Å². The molecule has 3 rings (SSSR count). The zero-order valence-corrected chi connectivity index (χ0v) is 13.8. The molecule has 124 valence electrons. The Morgan fingerprint density at radius 1 is 1.17 bits per heavy atom. The van der Waals surface area contributed by atoms with Gasteiger partial charge < -0.3 is 0 Å². The normalized spacial score (nSPS) is 11.4. The molecule has 2 heterocycles. The van der Waals surface area contributed by atoms with Crippen LogP contribution in [0.25, 0.3) is 11.2 Å². The molecule has 3 aromatic rings. The van der Waals surface area contributed by atoms with E-state index in [1.54, 1.807) is 30.3 Å². The number of hydrazine groups is 1. The number of nitrogens with one attached hydrogen (secondary N) is 2. The van der Waals surface area contributed by atoms with Gasteiger partial charge in [-0.3, -0.25) is 15.6 Å². The molecule has 0 atom stereocenters. The van der Waals surface area contributed by atoms with Gasteiger partial charge in [0.1, 0.15) is 5.52 Å². The van der Waals surface area contributed by atoms with Crippen molar-refractivity contribution in [1.29, 1.82) is 0 Å². The van der Waals surface area contributed by atoms with E-state index in [1.807, 2.05) is 6.92 Å². The standard InChI is InChI=1S/C15H15N5O3S/c1-10-3-5-12(6-4-10)24(22,23)20-8-7-13-15(20)16-9-14(17-13)19-18-11(2)21/h3-9H,1-2H3,(H,17,19)(H,18,21). The second-order valence-electron chi connectivity index (χ2n) is 5.20. The van der Waals surface area contributed by atoms with Gasteiger partial charge in [0.2, 0.25) is 5.91 Å². The molecule has 24 heavy (non-hydrogen) atoms. The van der Waals surface area contributed by atoms with E-state index in [4.69, 9.17) is 0 Å². The lowest BCUT2D eigenvalue weighted by Gasteiger charge is -2.08. The molecule has 0 saturated heterocycles. The summed E-state index contributed by atoms with van der Waals surface area (Å²) in [7, 11) is -3.75. The van der Waals surface area contributed by atoms with Gasteiger partial charge >= 0.3 is 0 Å². The van der Waals surface area contributed by atoms with Crippen LogP contribution in [0.3, 0.4) is 0 Å². The van der Waals surface area contributed by atoms with E-state index in [0.29, 0.717) is 11.3 Å². The van der Waals surface area contributed by atoms with Crippen LogP contribution < -0.4 is 10.9 Å². The summed E-state index contributed by atoms with van der Waals surface area (Å²) in [6.07, 6.45) is 2.75. The van der Waals surface area contributed by atoms with E-state index >= 15 is 0 Å². The molecular weight excluding hydrogens is 330 g/mol. The van der Waals surface area contributed by atoms with Crippen LogP contribution >= 0.6 is 0 Å². The monoisotopic (exact) mass is 345 g/mol. The van der Waals surface area contributed by atoms with Gasteiger partial charge in [0.05, 0.1) is 11.1 Å². The molecule has 0 unspecified atom stereocenters. The van der Waals surface area contributed by atoms with Crippen molar-refractivity contribution in [1.82, 2.24) is 19.4 Å². The highest BCUT2D eigenvalue weighted by Crippen LogP contribution is 2.20. The average Bonchev–Trinajstić information content (AvgIpc) is 2.97. The van der Waals surface area contributed by atoms with E-state index in [-0.39, 0.29) is 16.4 Å². The minimum absolute atomic E-state index is 0.174. The second kappa shape index (κ2) is 5.93. The largest absolute Gasteiger partial charge is 0.281 e. The minimum atomic E-state index is -3.75. The fraction of sp³-hybridized carbons (Fsp3) is 0.133. The first kappa shape index (κ1) is 15.9. The predicted molar refractivity (Wildman–Crippen MR) is 88.7 cm³/mol. The maximum absolute atomic E-state index is 12.7. The first-order valence-corrected chi connectivity index (χ1v) is 8.51. The molecule has 0 aliphatic heterocycles. The number of fused-ring (bicyclic) bond motifs is 1. The second-order valence-corrected chi connectivity index (χ2v) is 7.01. The molecular formula is C15H15N5O3S. The van der Waals surface area contributed by atoms with Crippen molar-refractivity contribution < 1.29 is 13.2 Å². The van der Waals surface area contributed by atoms with Gasteiger partial charge in [-0.15, -0.1) is 0 Å². The smallest absolute Gasteiger partial charge is 0.269 e. The van der Waals surface area contributed by atoms with Crippen LogP contribution in [0.1, 0.15) is 12.5 Å². The van der Waals surface area contributed by atoms with Gasteiger partial charge in [-0.1, -0.05) is 17.7 Å². The Kier molecular flexibility index (Phi) is 3.94. The predicted octanol–water partition coefficient (Wildman–Crippen LogP) is 1.44. The zero-order valence-electron chi connectivity index (χ0n) is 13.0. The van der Waals surface area contributed by atoms with Gasteiger partial charge in [0.15, 0.2) is 11.5 Å². The molecule has 0 aliphatic carbocycles. The molecule has 2 N–H and O–H groups in total. The average molecular weight is 345 g/mol. The Bertz CT molecular complexity index is 1010. The molecule has 9 heteroatoms. The number of anilines is 1. The fourth-order valence-electron chi connectivity index (χ4n) is 2.12. The highest BCUT2D eigenvalue weighted by Gasteiger charge is 2.20. The summed E-state index contributed by atoms with van der Waals surface area (Å²) in [6.45, 7) is 3.24. The molecule has 0 aliphatic rings. The summed E-state index contributed by atoms with van der Waals surface area (Å²) in [4.78, 5) is 19.4. The molecule has 1 aromatic carbocycles. The molecule has 0 bridgehead atoms. The fourth-order valence-corrected chi connectivity index (χ4v) is 3.41. The number of amides is 1. The van der Waals surface area contributed by atoms with Gasteiger partial charge in [-0.25, -0.2) is 22.4 Å². The quantitative estimate of drug-likeness (QED) is 0.693. The molecule has 0 saturated carbocycles. The van der Waals surface area contributed by atoms with E-state index < -0.39 is 10.0 Å². The highest BCUT2D eigenvalue weighted by molar-refractivity contribution is 7.90. The summed E-state index contributed by atoms with van der Waals surface area (Å²) in [6, 6.07) is 8.12. The van der Waals surface area contributed by atoms with Crippen LogP contribution in [-0.4, -0.2) is 28.3 Å². The number of hydrogen-bond donors (Lipinski definition) is 2. The van der Waals surface area contributed by atoms with Crippen LogP contribution in [0.2, 0.25) is 0 Å². The molecule has 0 spiro atoms. The van der Waals surface area contributed by atoms with Crippen LogP contribution in [-0.2, 0) is 14.8 Å². The summed E-state index contributed by atoms with van der Waals surface area (Å²) in [5, 5.41) is 0. The number of rotatable bonds is 4. The van der Waals surface area contributed by atoms with Crippen molar-refractivity contribution in [3.8, 4) is 0 Å². The zero-order chi connectivity index (χ0) is 17.3. The van der Waals surface area contributed by atoms with Gasteiger partial charge in [-0.05, 0) is 25.1 Å². The lowest BCUT2D eigenvalue weighted by molar-refractivity contribution is -0.118. The Hall–Kier alpha value is -2.94.